The molecule has 0 aromatic carbocycles. The van der Waals surface area contributed by atoms with E-state index in [-0.39, 0.29) is 83.7 Å². The highest BCUT2D eigenvalue weighted by Gasteiger charge is 2.24. The molecule has 6 N–H and O–H groups in total. The van der Waals surface area contributed by atoms with Crippen LogP contribution in [0.5, 0.6) is 0 Å². The topological polar surface area (TPSA) is 212 Å². The van der Waals surface area contributed by atoms with Crippen LogP contribution in [0.2, 0.25) is 0 Å². The van der Waals surface area contributed by atoms with Gasteiger partial charge in [-0.05, 0) is 38.8 Å². The Balaban J connectivity index is 3.70. The Labute approximate surface area is 247 Å². The summed E-state index contributed by atoms with van der Waals surface area (Å²) in [6, 6.07) is -1.67. The van der Waals surface area contributed by atoms with Crippen molar-refractivity contribution in [3.63, 3.8) is 0 Å². The van der Waals surface area contributed by atoms with E-state index >= 15 is 0 Å². The molecule has 0 bridgehead atoms. The van der Waals surface area contributed by atoms with Gasteiger partial charge in [-0.1, -0.05) is 13.8 Å². The van der Waals surface area contributed by atoms with Gasteiger partial charge in [0, 0.05) is 13.1 Å². The number of hydrogen-bond donors (Lipinski definition) is 6. The van der Waals surface area contributed by atoms with Gasteiger partial charge in [-0.25, -0.2) is 9.59 Å². The maximum Gasteiger partial charge on any atom is 0.407 e. The summed E-state index contributed by atoms with van der Waals surface area (Å²) in [5.74, 6) is -2.38. The Hall–Kier alpha value is -3.05. The van der Waals surface area contributed by atoms with Crippen molar-refractivity contribution >= 4 is 29.8 Å². The number of unbranched alkanes of at least 4 members (excludes halogenated alkanes) is 1. The number of nitrogens with one attached hydrogen (secondary N) is 5. The van der Waals surface area contributed by atoms with E-state index in [2.05, 4.69) is 31.3 Å². The second kappa shape index (κ2) is 25.6. The van der Waals surface area contributed by atoms with Crippen LogP contribution in [0.4, 0.5) is 4.79 Å². The summed E-state index contributed by atoms with van der Waals surface area (Å²) in [6.07, 6.45) is 1.15. The summed E-state index contributed by atoms with van der Waals surface area (Å²) in [7, 11) is 3.04. The summed E-state index contributed by atoms with van der Waals surface area (Å²) in [4.78, 5) is 58.5. The zero-order chi connectivity index (χ0) is 31.6. The number of alkyl carbamates (subject to hydrolysis) is 1. The molecule has 0 aromatic heterocycles. The first-order valence-electron chi connectivity index (χ1n) is 14.0. The molecule has 0 aliphatic carbocycles. The van der Waals surface area contributed by atoms with Crippen molar-refractivity contribution in [3.05, 3.63) is 0 Å². The molecule has 2 atom stereocenters. The van der Waals surface area contributed by atoms with E-state index < -0.39 is 30.1 Å². The van der Waals surface area contributed by atoms with Crippen molar-refractivity contribution in [1.29, 1.82) is 0 Å². The average molecular weight is 608 g/mol. The lowest BCUT2D eigenvalue weighted by atomic mass is 10.0. The Morgan fingerprint density at radius 1 is 0.714 bits per heavy atom. The SMILES string of the molecule is CNCCCCC(NC(=O)COCCOCCNC(=O)COCCOCCNC(=O)C(NC(=O)OC)C(C)C)C(=O)O. The normalized spacial score (nSPS) is 12.3. The largest absolute Gasteiger partial charge is 0.480 e. The number of ether oxygens (including phenoxy) is 5. The number of amides is 4. The van der Waals surface area contributed by atoms with Crippen LogP contribution >= 0.6 is 0 Å². The van der Waals surface area contributed by atoms with Crippen LogP contribution in [0.3, 0.4) is 0 Å². The lowest BCUT2D eigenvalue weighted by Gasteiger charge is -2.20. The Morgan fingerprint density at radius 2 is 1.29 bits per heavy atom. The Bertz CT molecular complexity index is 786. The number of carboxylic acids is 1. The summed E-state index contributed by atoms with van der Waals surface area (Å²) in [5.41, 5.74) is 0. The van der Waals surface area contributed by atoms with E-state index in [4.69, 9.17) is 18.9 Å². The van der Waals surface area contributed by atoms with E-state index in [1.165, 1.54) is 7.11 Å². The molecular formula is C26H49N5O11. The van der Waals surface area contributed by atoms with Crippen molar-refractivity contribution in [2.24, 2.45) is 5.92 Å². The molecule has 16 heteroatoms. The predicted molar refractivity (Wildman–Crippen MR) is 151 cm³/mol. The molecule has 2 unspecified atom stereocenters. The van der Waals surface area contributed by atoms with Crippen LogP contribution in [0.15, 0.2) is 0 Å². The molecule has 0 aromatic rings. The molecule has 0 spiro atoms. The molecule has 0 heterocycles. The predicted octanol–water partition coefficient (Wildman–Crippen LogP) is -1.38. The first-order chi connectivity index (χ1) is 20.1. The summed E-state index contributed by atoms with van der Waals surface area (Å²) >= 11 is 0. The fourth-order valence-corrected chi connectivity index (χ4v) is 3.30. The van der Waals surface area contributed by atoms with Crippen LogP contribution in [0.25, 0.3) is 0 Å². The molecule has 4 amide bonds. The van der Waals surface area contributed by atoms with Gasteiger partial charge in [0.05, 0.1) is 46.8 Å². The van der Waals surface area contributed by atoms with Crippen molar-refractivity contribution in [2.45, 2.75) is 45.2 Å². The highest BCUT2D eigenvalue weighted by molar-refractivity contribution is 5.86. The third-order valence-electron chi connectivity index (χ3n) is 5.54. The number of carbonyl (C=O) groups excluding carboxylic acids is 4. The number of rotatable bonds is 26. The quantitative estimate of drug-likeness (QED) is 0.0629. The number of carboxylic acid groups (broad SMARTS) is 1. The minimum absolute atomic E-state index is 0.125. The lowest BCUT2D eigenvalue weighted by Crippen LogP contribution is -2.50. The van der Waals surface area contributed by atoms with Gasteiger partial charge in [0.15, 0.2) is 0 Å². The van der Waals surface area contributed by atoms with Crippen molar-refractivity contribution < 1.29 is 52.8 Å². The van der Waals surface area contributed by atoms with E-state index in [9.17, 15) is 29.1 Å². The van der Waals surface area contributed by atoms with Crippen molar-refractivity contribution in [2.75, 3.05) is 86.6 Å². The number of methoxy groups -OCH3 is 1. The Morgan fingerprint density at radius 3 is 1.83 bits per heavy atom. The zero-order valence-electron chi connectivity index (χ0n) is 25.2. The van der Waals surface area contributed by atoms with Crippen LogP contribution in [0.1, 0.15) is 33.1 Å². The molecule has 0 aliphatic heterocycles. The maximum absolute atomic E-state index is 12.2. The molecule has 16 nitrogen and oxygen atoms in total. The minimum atomic E-state index is -1.08. The summed E-state index contributed by atoms with van der Waals surface area (Å²) < 4.78 is 25.6. The van der Waals surface area contributed by atoms with Gasteiger partial charge in [-0.15, -0.1) is 0 Å². The molecule has 0 aliphatic rings. The van der Waals surface area contributed by atoms with E-state index in [0.29, 0.717) is 12.8 Å². The highest BCUT2D eigenvalue weighted by atomic mass is 16.5. The van der Waals surface area contributed by atoms with Crippen LogP contribution in [-0.2, 0) is 42.9 Å². The molecule has 0 rings (SSSR count). The highest BCUT2D eigenvalue weighted by Crippen LogP contribution is 2.02. The zero-order valence-corrected chi connectivity index (χ0v) is 25.2. The maximum atomic E-state index is 12.2. The molecule has 42 heavy (non-hydrogen) atoms. The van der Waals surface area contributed by atoms with Crippen molar-refractivity contribution in [3.8, 4) is 0 Å². The van der Waals surface area contributed by atoms with E-state index in [0.717, 1.165) is 13.0 Å². The second-order valence-electron chi connectivity index (χ2n) is 9.39. The lowest BCUT2D eigenvalue weighted by molar-refractivity contribution is -0.142. The van der Waals surface area contributed by atoms with Gasteiger partial charge in [0.1, 0.15) is 25.3 Å². The second-order valence-corrected chi connectivity index (χ2v) is 9.39. The van der Waals surface area contributed by atoms with Gasteiger partial charge in [-0.2, -0.15) is 0 Å². The Kier molecular flexibility index (Phi) is 23.8. The molecule has 0 saturated carbocycles. The van der Waals surface area contributed by atoms with Crippen molar-refractivity contribution in [1.82, 2.24) is 26.6 Å². The van der Waals surface area contributed by atoms with E-state index in [1.54, 1.807) is 13.8 Å². The fourth-order valence-electron chi connectivity index (χ4n) is 3.30. The van der Waals surface area contributed by atoms with Gasteiger partial charge < -0.3 is 55.4 Å². The summed E-state index contributed by atoms with van der Waals surface area (Å²) in [5, 5.41) is 22.4. The smallest absolute Gasteiger partial charge is 0.407 e. The van der Waals surface area contributed by atoms with Gasteiger partial charge in [0.2, 0.25) is 17.7 Å². The van der Waals surface area contributed by atoms with Crippen LogP contribution in [-0.4, -0.2) is 134 Å². The van der Waals surface area contributed by atoms with Gasteiger partial charge in [-0.3, -0.25) is 14.4 Å². The van der Waals surface area contributed by atoms with Gasteiger partial charge >= 0.3 is 12.1 Å². The van der Waals surface area contributed by atoms with Gasteiger partial charge in [0.25, 0.3) is 0 Å². The standard InChI is InChI=1S/C26H49N5O11/c1-19(2)23(31-26(37)38-4)24(34)29-10-12-40-13-15-41-17-21(32)28-9-11-39-14-16-42-18-22(33)30-20(25(35)36)7-5-6-8-27-3/h19-20,23,27H,5-18H2,1-4H3,(H,28,32)(H,29,34)(H,30,33)(H,31,37)(H,35,36). The minimum Gasteiger partial charge on any atom is -0.480 e. The first kappa shape index (κ1) is 39.0. The monoisotopic (exact) mass is 607 g/mol. The summed E-state index contributed by atoms with van der Waals surface area (Å²) in [6.45, 7) is 5.67. The fraction of sp³-hybridized carbons (Fsp3) is 0.808. The first-order valence-corrected chi connectivity index (χ1v) is 14.0. The molecular weight excluding hydrogens is 558 g/mol. The number of carbonyl (C=O) groups is 5. The number of hydrogen-bond acceptors (Lipinski definition) is 11. The third kappa shape index (κ3) is 21.7. The molecule has 0 radical (unpaired) electrons. The van der Waals surface area contributed by atoms with Crippen LogP contribution in [0, 0.1) is 5.92 Å². The number of aliphatic carboxylic acids is 1. The van der Waals surface area contributed by atoms with E-state index in [1.807, 2.05) is 7.05 Å². The van der Waals surface area contributed by atoms with Crippen LogP contribution < -0.4 is 26.6 Å². The average Bonchev–Trinajstić information content (AvgIpc) is 2.95. The third-order valence-corrected chi connectivity index (χ3v) is 5.54. The molecule has 0 fully saturated rings. The molecule has 244 valence electrons. The molecule has 0 saturated heterocycles.